The molecule has 5 N–H and O–H groups in total. The minimum atomic E-state index is -1.09. The summed E-state index contributed by atoms with van der Waals surface area (Å²) in [6, 6.07) is 7.89. The minimum Gasteiger partial charge on any atom is -0.507 e. The molecule has 2 aliphatic heterocycles. The SMILES string of the molecule is Cc1cc(O)c2c(c1)C1OC(=O)C(CCN)C1C1=C2C(=O)c2cccc(OC3CC(O)C(O)C(C)O3)c2C1=O. The number of aliphatic hydroxyl groups excluding tert-OH is 2. The molecule has 10 heteroatoms. The van der Waals surface area contributed by atoms with Crippen molar-refractivity contribution in [1.29, 1.82) is 0 Å². The summed E-state index contributed by atoms with van der Waals surface area (Å²) >= 11 is 0. The van der Waals surface area contributed by atoms with Gasteiger partial charge in [-0.15, -0.1) is 0 Å². The van der Waals surface area contributed by atoms with Gasteiger partial charge in [-0.25, -0.2) is 0 Å². The van der Waals surface area contributed by atoms with Crippen LogP contribution in [0, 0.1) is 18.8 Å². The number of phenolic OH excluding ortho intramolecular Hbond substituents is 1. The number of benzene rings is 2. The summed E-state index contributed by atoms with van der Waals surface area (Å²) < 4.78 is 17.5. The van der Waals surface area contributed by atoms with Gasteiger partial charge in [-0.05, 0) is 44.5 Å². The molecule has 0 aromatic heterocycles. The Labute approximate surface area is 224 Å². The predicted molar refractivity (Wildman–Crippen MR) is 136 cm³/mol. The number of fused-ring (bicyclic) bond motifs is 6. The Hall–Kier alpha value is -3.57. The van der Waals surface area contributed by atoms with E-state index in [1.807, 2.05) is 0 Å². The van der Waals surface area contributed by atoms with Crippen molar-refractivity contribution in [2.75, 3.05) is 6.54 Å². The number of carbonyl (C=O) groups is 3. The summed E-state index contributed by atoms with van der Waals surface area (Å²) in [5.74, 6) is -3.12. The van der Waals surface area contributed by atoms with Crippen LogP contribution in [0.2, 0.25) is 0 Å². The third-order valence-corrected chi connectivity index (χ3v) is 8.14. The van der Waals surface area contributed by atoms with E-state index in [2.05, 4.69) is 0 Å². The second-order valence-corrected chi connectivity index (χ2v) is 10.6. The molecule has 204 valence electrons. The number of rotatable bonds is 4. The number of esters is 1. The Morgan fingerprint density at radius 3 is 2.59 bits per heavy atom. The van der Waals surface area contributed by atoms with E-state index in [1.165, 1.54) is 18.2 Å². The monoisotopic (exact) mass is 535 g/mol. The molecule has 2 heterocycles. The number of ether oxygens (including phenoxy) is 3. The van der Waals surface area contributed by atoms with E-state index in [1.54, 1.807) is 26.0 Å². The molecule has 0 bridgehead atoms. The molecule has 2 aromatic carbocycles. The first-order valence-corrected chi connectivity index (χ1v) is 13.0. The number of ketones is 2. The fraction of sp³-hybridized carbons (Fsp3) is 0.414. The molecule has 10 nitrogen and oxygen atoms in total. The zero-order chi connectivity index (χ0) is 27.7. The first-order chi connectivity index (χ1) is 18.6. The molecule has 0 spiro atoms. The lowest BCUT2D eigenvalue weighted by molar-refractivity contribution is -0.216. The lowest BCUT2D eigenvalue weighted by Crippen LogP contribution is -2.48. The Bertz CT molecular complexity index is 1430. The maximum absolute atomic E-state index is 14.3. The smallest absolute Gasteiger partial charge is 0.310 e. The van der Waals surface area contributed by atoms with Crippen molar-refractivity contribution in [2.45, 2.75) is 57.4 Å². The van der Waals surface area contributed by atoms with Crippen LogP contribution in [-0.2, 0) is 14.3 Å². The summed E-state index contributed by atoms with van der Waals surface area (Å²) in [6.45, 7) is 3.55. The van der Waals surface area contributed by atoms with Crippen LogP contribution in [0.25, 0.3) is 5.57 Å². The molecule has 39 heavy (non-hydrogen) atoms. The van der Waals surface area contributed by atoms with Crippen LogP contribution < -0.4 is 10.5 Å². The second-order valence-electron chi connectivity index (χ2n) is 10.6. The van der Waals surface area contributed by atoms with Crippen LogP contribution in [0.5, 0.6) is 11.5 Å². The van der Waals surface area contributed by atoms with Crippen molar-refractivity contribution >= 4 is 23.1 Å². The first-order valence-electron chi connectivity index (χ1n) is 13.0. The first kappa shape index (κ1) is 25.7. The molecule has 2 aromatic rings. The number of phenols is 1. The van der Waals surface area contributed by atoms with Crippen LogP contribution >= 0.6 is 0 Å². The molecule has 6 rings (SSSR count). The molecule has 0 saturated carbocycles. The Morgan fingerprint density at radius 1 is 1.10 bits per heavy atom. The van der Waals surface area contributed by atoms with Crippen LogP contribution in [0.1, 0.15) is 63.3 Å². The van der Waals surface area contributed by atoms with Crippen molar-refractivity contribution in [2.24, 2.45) is 17.6 Å². The largest absolute Gasteiger partial charge is 0.507 e. The maximum atomic E-state index is 14.3. The van der Waals surface area contributed by atoms with E-state index >= 15 is 0 Å². The van der Waals surface area contributed by atoms with E-state index in [0.29, 0.717) is 11.1 Å². The molecular formula is C29H29NO9. The van der Waals surface area contributed by atoms with Crippen LogP contribution in [0.4, 0.5) is 0 Å². The average Bonchev–Trinajstić information content (AvgIpc) is 3.21. The standard InChI is InChI=1S/C29H29NO9/c1-11-8-15-20(16(31)9-11)23-24(22-14(6-7-30)29(36)39-28(15)22)27(35)21-13(26(23)34)4-3-5-18(21)38-19-10-17(32)25(33)12(2)37-19/h3-5,8-9,12,14,17,19,22,25,28,31-33H,6-7,10,30H2,1-2H3. The molecule has 2 aliphatic carbocycles. The van der Waals surface area contributed by atoms with Gasteiger partial charge in [0.1, 0.15) is 23.7 Å². The van der Waals surface area contributed by atoms with Gasteiger partial charge in [0.15, 0.2) is 11.6 Å². The van der Waals surface area contributed by atoms with Crippen molar-refractivity contribution < 1.29 is 43.9 Å². The zero-order valence-electron chi connectivity index (χ0n) is 21.4. The molecule has 2 saturated heterocycles. The predicted octanol–water partition coefficient (Wildman–Crippen LogP) is 1.96. The number of allylic oxidation sites excluding steroid dienone is 1. The molecule has 0 radical (unpaired) electrons. The van der Waals surface area contributed by atoms with Crippen LogP contribution in [0.15, 0.2) is 35.9 Å². The Balaban J connectivity index is 1.51. The normalized spacial score (nSPS) is 31.3. The van der Waals surface area contributed by atoms with Gasteiger partial charge < -0.3 is 35.3 Å². The molecule has 2 fully saturated rings. The lowest BCUT2D eigenvalue weighted by atomic mass is 9.65. The van der Waals surface area contributed by atoms with Crippen molar-refractivity contribution in [3.05, 3.63) is 63.7 Å². The molecule has 7 unspecified atom stereocenters. The van der Waals surface area contributed by atoms with E-state index in [9.17, 15) is 29.7 Å². The highest BCUT2D eigenvalue weighted by Gasteiger charge is 2.55. The highest BCUT2D eigenvalue weighted by molar-refractivity contribution is 6.42. The third-order valence-electron chi connectivity index (χ3n) is 8.14. The van der Waals surface area contributed by atoms with Gasteiger partial charge in [0.05, 0.1) is 23.7 Å². The van der Waals surface area contributed by atoms with E-state index in [-0.39, 0.29) is 58.7 Å². The number of nitrogens with two attached hydrogens (primary N) is 1. The van der Waals surface area contributed by atoms with Crippen molar-refractivity contribution in [1.82, 2.24) is 0 Å². The summed E-state index contributed by atoms with van der Waals surface area (Å²) in [7, 11) is 0. The number of aryl methyl sites for hydroxylation is 1. The molecular weight excluding hydrogens is 506 g/mol. The minimum absolute atomic E-state index is 0.0118. The maximum Gasteiger partial charge on any atom is 0.310 e. The number of carbonyl (C=O) groups excluding carboxylic acids is 3. The van der Waals surface area contributed by atoms with Gasteiger partial charge in [-0.3, -0.25) is 14.4 Å². The fourth-order valence-corrected chi connectivity index (χ4v) is 6.39. The van der Waals surface area contributed by atoms with Crippen molar-refractivity contribution in [3.63, 3.8) is 0 Å². The van der Waals surface area contributed by atoms with E-state index < -0.39 is 60.1 Å². The molecule has 0 amide bonds. The number of Topliss-reactive ketones (excluding diaryl/α,β-unsaturated/α-hetero) is 2. The summed E-state index contributed by atoms with van der Waals surface area (Å²) in [6.07, 6.45) is -4.52. The van der Waals surface area contributed by atoms with Crippen LogP contribution in [-0.4, -0.2) is 64.0 Å². The van der Waals surface area contributed by atoms with Gasteiger partial charge in [0.25, 0.3) is 0 Å². The quantitative estimate of drug-likeness (QED) is 0.425. The Morgan fingerprint density at radius 2 is 1.87 bits per heavy atom. The van der Waals surface area contributed by atoms with E-state index in [0.717, 1.165) is 0 Å². The number of aromatic hydroxyl groups is 1. The van der Waals surface area contributed by atoms with Gasteiger partial charge in [-0.2, -0.15) is 0 Å². The summed E-state index contributed by atoms with van der Waals surface area (Å²) in [5.41, 5.74) is 7.45. The number of aliphatic hydroxyl groups is 2. The second kappa shape index (κ2) is 9.27. The summed E-state index contributed by atoms with van der Waals surface area (Å²) in [5, 5.41) is 31.2. The highest BCUT2D eigenvalue weighted by Crippen LogP contribution is 2.57. The topological polar surface area (TPSA) is 166 Å². The molecule has 4 aliphatic rings. The zero-order valence-corrected chi connectivity index (χ0v) is 21.4. The van der Waals surface area contributed by atoms with Gasteiger partial charge >= 0.3 is 5.97 Å². The summed E-state index contributed by atoms with van der Waals surface area (Å²) in [4.78, 5) is 41.4. The average molecular weight is 536 g/mol. The van der Waals surface area contributed by atoms with Crippen molar-refractivity contribution in [3.8, 4) is 11.5 Å². The molecule has 7 atom stereocenters. The Kier molecular flexibility index (Phi) is 6.11. The third kappa shape index (κ3) is 3.81. The lowest BCUT2D eigenvalue weighted by Gasteiger charge is -2.37. The highest BCUT2D eigenvalue weighted by atomic mass is 16.7. The van der Waals surface area contributed by atoms with Gasteiger partial charge in [0, 0.05) is 40.2 Å². The number of hydrogen-bond acceptors (Lipinski definition) is 10. The van der Waals surface area contributed by atoms with Gasteiger partial charge in [-0.1, -0.05) is 18.2 Å². The van der Waals surface area contributed by atoms with Gasteiger partial charge in [0.2, 0.25) is 6.29 Å². The van der Waals surface area contributed by atoms with E-state index in [4.69, 9.17) is 19.9 Å². The van der Waals surface area contributed by atoms with Crippen LogP contribution in [0.3, 0.4) is 0 Å². The number of hydrogen-bond donors (Lipinski definition) is 4. The fourth-order valence-electron chi connectivity index (χ4n) is 6.39.